The van der Waals surface area contributed by atoms with E-state index in [1.165, 1.54) is 0 Å². The first-order chi connectivity index (χ1) is 8.69. The zero-order chi connectivity index (χ0) is 13.0. The van der Waals surface area contributed by atoms with Crippen molar-refractivity contribution >= 4 is 11.6 Å². The molecule has 1 aromatic rings. The van der Waals surface area contributed by atoms with Crippen LogP contribution in [0.15, 0.2) is 24.3 Å². The molecule has 0 unspecified atom stereocenters. The average molecular weight is 247 g/mol. The normalized spacial score (nSPS) is 16.8. The van der Waals surface area contributed by atoms with Crippen LogP contribution in [0.1, 0.15) is 12.5 Å². The van der Waals surface area contributed by atoms with Crippen LogP contribution >= 0.6 is 0 Å². The number of benzene rings is 1. The Balaban J connectivity index is 1.89. The van der Waals surface area contributed by atoms with Gasteiger partial charge in [0.15, 0.2) is 0 Å². The van der Waals surface area contributed by atoms with Crippen molar-refractivity contribution in [3.8, 4) is 0 Å². The number of nitrogens with two attached hydrogens (primary N) is 1. The van der Waals surface area contributed by atoms with Crippen LogP contribution in [0, 0.1) is 0 Å². The van der Waals surface area contributed by atoms with Crippen molar-refractivity contribution in [2.45, 2.75) is 13.3 Å². The maximum Gasteiger partial charge on any atom is 0.227 e. The number of nitrogen functional groups attached to an aromatic ring is 1. The summed E-state index contributed by atoms with van der Waals surface area (Å²) >= 11 is 0. The van der Waals surface area contributed by atoms with Gasteiger partial charge in [0, 0.05) is 31.9 Å². The fraction of sp³-hybridized carbons (Fsp3) is 0.500. The van der Waals surface area contributed by atoms with Crippen molar-refractivity contribution < 1.29 is 4.79 Å². The molecule has 0 aromatic heterocycles. The molecule has 1 aliphatic rings. The molecule has 1 fully saturated rings. The summed E-state index contributed by atoms with van der Waals surface area (Å²) in [6, 6.07) is 7.57. The van der Waals surface area contributed by atoms with Crippen LogP contribution in [0.4, 0.5) is 5.69 Å². The Morgan fingerprint density at radius 3 is 2.61 bits per heavy atom. The molecule has 0 saturated carbocycles. The van der Waals surface area contributed by atoms with E-state index in [0.717, 1.165) is 44.0 Å². The largest absolute Gasteiger partial charge is 0.399 e. The van der Waals surface area contributed by atoms with E-state index in [1.54, 1.807) is 0 Å². The van der Waals surface area contributed by atoms with E-state index in [4.69, 9.17) is 5.73 Å². The van der Waals surface area contributed by atoms with E-state index < -0.39 is 0 Å². The van der Waals surface area contributed by atoms with Gasteiger partial charge in [-0.1, -0.05) is 19.1 Å². The van der Waals surface area contributed by atoms with Crippen molar-refractivity contribution in [3.05, 3.63) is 29.8 Å². The number of likely N-dealkylation sites (N-methyl/N-ethyl adjacent to an activating group) is 1. The van der Waals surface area contributed by atoms with Crippen molar-refractivity contribution in [1.82, 2.24) is 9.80 Å². The topological polar surface area (TPSA) is 49.6 Å². The number of piperazine rings is 1. The van der Waals surface area contributed by atoms with Crippen LogP contribution in [0.2, 0.25) is 0 Å². The number of nitrogens with zero attached hydrogens (tertiary/aromatic N) is 2. The average Bonchev–Trinajstić information content (AvgIpc) is 2.39. The summed E-state index contributed by atoms with van der Waals surface area (Å²) in [7, 11) is 0. The van der Waals surface area contributed by atoms with Crippen LogP contribution in [0.5, 0.6) is 0 Å². The molecular formula is C14H21N3O. The summed E-state index contributed by atoms with van der Waals surface area (Å²) in [6.45, 7) is 6.88. The Labute approximate surface area is 108 Å². The molecule has 1 aliphatic heterocycles. The minimum atomic E-state index is 0.205. The van der Waals surface area contributed by atoms with Gasteiger partial charge in [0.25, 0.3) is 0 Å². The van der Waals surface area contributed by atoms with Gasteiger partial charge >= 0.3 is 0 Å². The molecule has 1 saturated heterocycles. The quantitative estimate of drug-likeness (QED) is 0.810. The molecule has 0 atom stereocenters. The third kappa shape index (κ3) is 3.23. The number of amides is 1. The van der Waals surface area contributed by atoms with Gasteiger partial charge in [-0.05, 0) is 24.2 Å². The van der Waals surface area contributed by atoms with Gasteiger partial charge in [-0.3, -0.25) is 4.79 Å². The first-order valence-corrected chi connectivity index (χ1v) is 6.53. The van der Waals surface area contributed by atoms with Gasteiger partial charge in [-0.2, -0.15) is 0 Å². The summed E-state index contributed by atoms with van der Waals surface area (Å²) in [5, 5.41) is 0. The molecule has 98 valence electrons. The Morgan fingerprint density at radius 2 is 2.00 bits per heavy atom. The predicted molar refractivity (Wildman–Crippen MR) is 73.3 cm³/mol. The molecule has 0 bridgehead atoms. The fourth-order valence-electron chi connectivity index (χ4n) is 2.30. The lowest BCUT2D eigenvalue weighted by atomic mass is 10.1. The Bertz CT molecular complexity index is 411. The molecule has 0 radical (unpaired) electrons. The monoisotopic (exact) mass is 247 g/mol. The number of rotatable bonds is 3. The van der Waals surface area contributed by atoms with Gasteiger partial charge in [0.05, 0.1) is 6.42 Å². The van der Waals surface area contributed by atoms with Crippen molar-refractivity contribution in [2.75, 3.05) is 38.5 Å². The van der Waals surface area contributed by atoms with Crippen LogP contribution in [0.25, 0.3) is 0 Å². The Morgan fingerprint density at radius 1 is 1.28 bits per heavy atom. The van der Waals surface area contributed by atoms with E-state index in [9.17, 15) is 4.79 Å². The molecule has 4 heteroatoms. The van der Waals surface area contributed by atoms with Gasteiger partial charge < -0.3 is 15.5 Å². The third-order valence-corrected chi connectivity index (χ3v) is 3.48. The summed E-state index contributed by atoms with van der Waals surface area (Å²) in [5.74, 6) is 0.205. The number of hydrogen-bond donors (Lipinski definition) is 1. The van der Waals surface area contributed by atoms with E-state index in [-0.39, 0.29) is 5.91 Å². The molecular weight excluding hydrogens is 226 g/mol. The lowest BCUT2D eigenvalue weighted by molar-refractivity contribution is -0.132. The molecule has 2 rings (SSSR count). The van der Waals surface area contributed by atoms with Gasteiger partial charge in [0.1, 0.15) is 0 Å². The first kappa shape index (κ1) is 12.9. The highest BCUT2D eigenvalue weighted by molar-refractivity contribution is 5.79. The van der Waals surface area contributed by atoms with Crippen LogP contribution in [0.3, 0.4) is 0 Å². The highest BCUT2D eigenvalue weighted by atomic mass is 16.2. The van der Waals surface area contributed by atoms with Crippen molar-refractivity contribution in [3.63, 3.8) is 0 Å². The SMILES string of the molecule is CCN1CCN(C(=O)Cc2cccc(N)c2)CC1. The smallest absolute Gasteiger partial charge is 0.227 e. The summed E-state index contributed by atoms with van der Waals surface area (Å²) in [4.78, 5) is 16.5. The van der Waals surface area contributed by atoms with E-state index in [0.29, 0.717) is 6.42 Å². The second-order valence-corrected chi connectivity index (χ2v) is 4.74. The minimum Gasteiger partial charge on any atom is -0.399 e. The summed E-state index contributed by atoms with van der Waals surface area (Å²) in [5.41, 5.74) is 7.43. The molecule has 1 amide bonds. The summed E-state index contributed by atoms with van der Waals surface area (Å²) < 4.78 is 0. The van der Waals surface area contributed by atoms with Crippen LogP contribution in [-0.4, -0.2) is 48.4 Å². The van der Waals surface area contributed by atoms with E-state index in [1.807, 2.05) is 29.2 Å². The van der Waals surface area contributed by atoms with Gasteiger partial charge in [0.2, 0.25) is 5.91 Å². The summed E-state index contributed by atoms with van der Waals surface area (Å²) in [6.07, 6.45) is 0.456. The molecule has 1 aromatic carbocycles. The molecule has 0 aliphatic carbocycles. The predicted octanol–water partition coefficient (Wildman–Crippen LogP) is 0.975. The van der Waals surface area contributed by atoms with E-state index >= 15 is 0 Å². The Kier molecular flexibility index (Phi) is 4.20. The second-order valence-electron chi connectivity index (χ2n) is 4.74. The highest BCUT2D eigenvalue weighted by Gasteiger charge is 2.19. The van der Waals surface area contributed by atoms with Gasteiger partial charge in [-0.25, -0.2) is 0 Å². The Hall–Kier alpha value is -1.55. The zero-order valence-corrected chi connectivity index (χ0v) is 10.9. The maximum atomic E-state index is 12.1. The molecule has 0 spiro atoms. The number of anilines is 1. The highest BCUT2D eigenvalue weighted by Crippen LogP contribution is 2.10. The fourth-order valence-corrected chi connectivity index (χ4v) is 2.30. The zero-order valence-electron chi connectivity index (χ0n) is 10.9. The molecule has 2 N–H and O–H groups in total. The number of carbonyl (C=O) groups excluding carboxylic acids is 1. The minimum absolute atomic E-state index is 0.205. The maximum absolute atomic E-state index is 12.1. The van der Waals surface area contributed by atoms with Gasteiger partial charge in [-0.15, -0.1) is 0 Å². The van der Waals surface area contributed by atoms with Crippen LogP contribution < -0.4 is 5.73 Å². The van der Waals surface area contributed by atoms with Crippen molar-refractivity contribution in [2.24, 2.45) is 0 Å². The lowest BCUT2D eigenvalue weighted by Gasteiger charge is -2.34. The lowest BCUT2D eigenvalue weighted by Crippen LogP contribution is -2.48. The molecule has 1 heterocycles. The first-order valence-electron chi connectivity index (χ1n) is 6.53. The standard InChI is InChI=1S/C14H21N3O/c1-2-16-6-8-17(9-7-16)14(18)11-12-4-3-5-13(15)10-12/h3-5,10H,2,6-9,11,15H2,1H3. The van der Waals surface area contributed by atoms with Crippen LogP contribution in [-0.2, 0) is 11.2 Å². The number of carbonyl (C=O) groups is 1. The van der Waals surface area contributed by atoms with Crippen molar-refractivity contribution in [1.29, 1.82) is 0 Å². The van der Waals surface area contributed by atoms with E-state index in [2.05, 4.69) is 11.8 Å². The number of hydrogen-bond acceptors (Lipinski definition) is 3. The second kappa shape index (κ2) is 5.87. The molecule has 18 heavy (non-hydrogen) atoms. The molecule has 4 nitrogen and oxygen atoms in total. The third-order valence-electron chi connectivity index (χ3n) is 3.48.